The second-order valence-electron chi connectivity index (χ2n) is 3.18. The number of halogens is 2. The second kappa shape index (κ2) is 4.99. The molecular formula is C10H13Cl2NO. The summed E-state index contributed by atoms with van der Waals surface area (Å²) in [4.78, 5) is 0. The molecule has 0 unspecified atom stereocenters. The summed E-state index contributed by atoms with van der Waals surface area (Å²) in [6.07, 6.45) is -0.195. The molecule has 1 aromatic rings. The Morgan fingerprint density at radius 1 is 1.36 bits per heavy atom. The van der Waals surface area contributed by atoms with E-state index in [4.69, 9.17) is 33.7 Å². The Morgan fingerprint density at radius 3 is 2.43 bits per heavy atom. The Morgan fingerprint density at radius 2 is 2.00 bits per heavy atom. The van der Waals surface area contributed by atoms with Crippen LogP contribution < -0.4 is 5.73 Å². The van der Waals surface area contributed by atoms with Crippen molar-refractivity contribution in [2.24, 2.45) is 5.73 Å². The monoisotopic (exact) mass is 233 g/mol. The SMILES string of the molecule is CO[C@H](c1ccc(Cl)cc1Cl)[C@@H](C)N. The molecule has 0 aliphatic rings. The van der Waals surface area contributed by atoms with Crippen molar-refractivity contribution >= 4 is 23.2 Å². The van der Waals surface area contributed by atoms with Gasteiger partial charge < -0.3 is 10.5 Å². The Balaban J connectivity index is 3.04. The van der Waals surface area contributed by atoms with E-state index in [-0.39, 0.29) is 12.1 Å². The van der Waals surface area contributed by atoms with Gasteiger partial charge >= 0.3 is 0 Å². The highest BCUT2D eigenvalue weighted by Gasteiger charge is 2.18. The van der Waals surface area contributed by atoms with Gasteiger partial charge in [0, 0.05) is 28.8 Å². The van der Waals surface area contributed by atoms with Gasteiger partial charge in [0.1, 0.15) is 0 Å². The molecule has 0 saturated heterocycles. The largest absolute Gasteiger partial charge is 0.375 e. The van der Waals surface area contributed by atoms with Crippen LogP contribution in [0.5, 0.6) is 0 Å². The molecule has 0 aliphatic heterocycles. The van der Waals surface area contributed by atoms with Gasteiger partial charge in [-0.2, -0.15) is 0 Å². The van der Waals surface area contributed by atoms with Crippen molar-refractivity contribution in [2.45, 2.75) is 19.1 Å². The molecule has 0 heterocycles. The fraction of sp³-hybridized carbons (Fsp3) is 0.400. The van der Waals surface area contributed by atoms with Crippen molar-refractivity contribution in [3.63, 3.8) is 0 Å². The minimum absolute atomic E-state index is 0.112. The molecule has 0 aliphatic carbocycles. The van der Waals surface area contributed by atoms with Crippen molar-refractivity contribution in [3.05, 3.63) is 33.8 Å². The van der Waals surface area contributed by atoms with Crippen LogP contribution in [0.25, 0.3) is 0 Å². The molecule has 4 heteroatoms. The van der Waals surface area contributed by atoms with Crippen molar-refractivity contribution < 1.29 is 4.74 Å². The van der Waals surface area contributed by atoms with Crippen LogP contribution in [0.15, 0.2) is 18.2 Å². The van der Waals surface area contributed by atoms with Gasteiger partial charge in [0.2, 0.25) is 0 Å². The van der Waals surface area contributed by atoms with Gasteiger partial charge in [-0.1, -0.05) is 29.3 Å². The van der Waals surface area contributed by atoms with Gasteiger partial charge in [-0.25, -0.2) is 0 Å². The first kappa shape index (κ1) is 11.8. The lowest BCUT2D eigenvalue weighted by Gasteiger charge is -2.20. The number of nitrogens with two attached hydrogens (primary N) is 1. The van der Waals surface area contributed by atoms with E-state index in [0.29, 0.717) is 10.0 Å². The maximum atomic E-state index is 6.03. The van der Waals surface area contributed by atoms with E-state index in [1.54, 1.807) is 19.2 Å². The predicted octanol–water partition coefficient (Wildman–Crippen LogP) is 3.03. The summed E-state index contributed by atoms with van der Waals surface area (Å²) < 4.78 is 5.27. The zero-order valence-corrected chi connectivity index (χ0v) is 9.64. The lowest BCUT2D eigenvalue weighted by atomic mass is 10.0. The van der Waals surface area contributed by atoms with Gasteiger partial charge in [0.25, 0.3) is 0 Å². The molecule has 1 aromatic carbocycles. The first-order valence-electron chi connectivity index (χ1n) is 4.29. The van der Waals surface area contributed by atoms with E-state index in [2.05, 4.69) is 0 Å². The Bertz CT molecular complexity index is 315. The maximum absolute atomic E-state index is 6.03. The summed E-state index contributed by atoms with van der Waals surface area (Å²) in [5.41, 5.74) is 6.64. The molecule has 0 aromatic heterocycles. The van der Waals surface area contributed by atoms with Crippen LogP contribution in [0.3, 0.4) is 0 Å². The van der Waals surface area contributed by atoms with Gasteiger partial charge in [0.05, 0.1) is 6.10 Å². The quantitative estimate of drug-likeness (QED) is 0.872. The average Bonchev–Trinajstić information content (AvgIpc) is 2.09. The number of rotatable bonds is 3. The Labute approximate surface area is 94.0 Å². The van der Waals surface area contributed by atoms with Gasteiger partial charge in [-0.3, -0.25) is 0 Å². The first-order valence-corrected chi connectivity index (χ1v) is 5.05. The van der Waals surface area contributed by atoms with Crippen molar-refractivity contribution in [3.8, 4) is 0 Å². The lowest BCUT2D eigenvalue weighted by Crippen LogP contribution is -2.26. The molecule has 0 spiro atoms. The highest BCUT2D eigenvalue weighted by atomic mass is 35.5. The molecule has 0 fully saturated rings. The third kappa shape index (κ3) is 2.61. The third-order valence-corrected chi connectivity index (χ3v) is 2.56. The van der Waals surface area contributed by atoms with E-state index in [9.17, 15) is 0 Å². The van der Waals surface area contributed by atoms with E-state index in [1.807, 2.05) is 13.0 Å². The molecule has 2 nitrogen and oxygen atoms in total. The van der Waals surface area contributed by atoms with Gasteiger partial charge in [0.15, 0.2) is 0 Å². The average molecular weight is 234 g/mol. The van der Waals surface area contributed by atoms with E-state index in [1.165, 1.54) is 0 Å². The van der Waals surface area contributed by atoms with Crippen LogP contribution >= 0.6 is 23.2 Å². The zero-order chi connectivity index (χ0) is 10.7. The predicted molar refractivity (Wildman–Crippen MR) is 59.9 cm³/mol. The third-order valence-electron chi connectivity index (χ3n) is 2.00. The highest BCUT2D eigenvalue weighted by Crippen LogP contribution is 2.29. The minimum Gasteiger partial charge on any atom is -0.375 e. The maximum Gasteiger partial charge on any atom is 0.0983 e. The summed E-state index contributed by atoms with van der Waals surface area (Å²) in [5.74, 6) is 0. The smallest absolute Gasteiger partial charge is 0.0983 e. The number of hydrogen-bond donors (Lipinski definition) is 1. The molecule has 78 valence electrons. The molecule has 0 radical (unpaired) electrons. The molecule has 1 rings (SSSR count). The fourth-order valence-corrected chi connectivity index (χ4v) is 1.87. The normalized spacial score (nSPS) is 15.2. The molecule has 0 bridgehead atoms. The standard InChI is InChI=1S/C10H13Cl2NO/c1-6(13)10(14-2)8-4-3-7(11)5-9(8)12/h3-6,10H,13H2,1-2H3/t6-,10+/m1/s1. The number of methoxy groups -OCH3 is 1. The molecule has 0 amide bonds. The second-order valence-corrected chi connectivity index (χ2v) is 4.02. The zero-order valence-electron chi connectivity index (χ0n) is 8.13. The van der Waals surface area contributed by atoms with Gasteiger partial charge in [-0.05, 0) is 19.1 Å². The summed E-state index contributed by atoms with van der Waals surface area (Å²) in [6, 6.07) is 5.19. The fourth-order valence-electron chi connectivity index (χ4n) is 1.36. The van der Waals surface area contributed by atoms with Crippen LogP contribution in [0.4, 0.5) is 0 Å². The molecule has 2 N–H and O–H groups in total. The first-order chi connectivity index (χ1) is 6.56. The molecule has 0 saturated carbocycles. The van der Waals surface area contributed by atoms with E-state index >= 15 is 0 Å². The summed E-state index contributed by atoms with van der Waals surface area (Å²) in [6.45, 7) is 1.87. The molecular weight excluding hydrogens is 221 g/mol. The van der Waals surface area contributed by atoms with Crippen molar-refractivity contribution in [1.29, 1.82) is 0 Å². The van der Waals surface area contributed by atoms with E-state index in [0.717, 1.165) is 5.56 Å². The number of ether oxygens (including phenoxy) is 1. The summed E-state index contributed by atoms with van der Waals surface area (Å²) >= 11 is 11.8. The van der Waals surface area contributed by atoms with Crippen LogP contribution in [-0.2, 0) is 4.74 Å². The topological polar surface area (TPSA) is 35.2 Å². The lowest BCUT2D eigenvalue weighted by molar-refractivity contribution is 0.0854. The number of hydrogen-bond acceptors (Lipinski definition) is 2. The Hall–Kier alpha value is -0.280. The summed E-state index contributed by atoms with van der Waals surface area (Å²) in [7, 11) is 1.61. The Kier molecular flexibility index (Phi) is 4.20. The van der Waals surface area contributed by atoms with Crippen LogP contribution in [0.2, 0.25) is 10.0 Å². The van der Waals surface area contributed by atoms with Gasteiger partial charge in [-0.15, -0.1) is 0 Å². The molecule has 2 atom stereocenters. The van der Waals surface area contributed by atoms with Crippen molar-refractivity contribution in [1.82, 2.24) is 0 Å². The van der Waals surface area contributed by atoms with Crippen LogP contribution in [0, 0.1) is 0 Å². The highest BCUT2D eigenvalue weighted by molar-refractivity contribution is 6.35. The van der Waals surface area contributed by atoms with Crippen LogP contribution in [0.1, 0.15) is 18.6 Å². The van der Waals surface area contributed by atoms with Crippen LogP contribution in [-0.4, -0.2) is 13.2 Å². The molecule has 14 heavy (non-hydrogen) atoms. The minimum atomic E-state index is -0.195. The van der Waals surface area contributed by atoms with E-state index < -0.39 is 0 Å². The van der Waals surface area contributed by atoms with Crippen molar-refractivity contribution in [2.75, 3.05) is 7.11 Å². The summed E-state index contributed by atoms with van der Waals surface area (Å²) in [5, 5.41) is 1.19. The number of benzene rings is 1.